The van der Waals surface area contributed by atoms with Crippen LogP contribution >= 0.6 is 46.6 Å². The minimum Gasteiger partial charge on any atom is -0.357 e. The second-order valence-corrected chi connectivity index (χ2v) is 5.96. The van der Waals surface area contributed by atoms with Gasteiger partial charge in [0.1, 0.15) is 0 Å². The Hall–Kier alpha value is 0.0300. The Labute approximate surface area is 107 Å². The van der Waals surface area contributed by atoms with E-state index < -0.39 is 3.79 Å². The van der Waals surface area contributed by atoms with Crippen LogP contribution in [0, 0.1) is 0 Å². The van der Waals surface area contributed by atoms with E-state index >= 15 is 0 Å². The fraction of sp³-hybridized carbons (Fsp3) is 0.571. The van der Waals surface area contributed by atoms with Crippen molar-refractivity contribution in [1.82, 2.24) is 15.0 Å². The Morgan fingerprint density at radius 1 is 1.27 bits per heavy atom. The van der Waals surface area contributed by atoms with Gasteiger partial charge in [0, 0.05) is 7.05 Å². The summed E-state index contributed by atoms with van der Waals surface area (Å²) in [5.74, 6) is 1.36. The normalized spacial score (nSPS) is 11.5. The van der Waals surface area contributed by atoms with Crippen LogP contribution in [0.3, 0.4) is 0 Å². The van der Waals surface area contributed by atoms with Crippen molar-refractivity contribution < 1.29 is 0 Å². The van der Waals surface area contributed by atoms with Crippen LogP contribution in [0.1, 0.15) is 12.7 Å². The Balaban J connectivity index is 3.11. The highest BCUT2D eigenvalue weighted by Crippen LogP contribution is 2.36. The number of alkyl halides is 3. The topological polar surface area (TPSA) is 50.7 Å². The lowest BCUT2D eigenvalue weighted by Gasteiger charge is -2.11. The van der Waals surface area contributed by atoms with Crippen LogP contribution in [0.25, 0.3) is 0 Å². The van der Waals surface area contributed by atoms with E-state index in [-0.39, 0.29) is 5.82 Å². The number of hydrogen-bond acceptors (Lipinski definition) is 5. The number of hydrogen-bond donors (Lipinski definition) is 1. The van der Waals surface area contributed by atoms with E-state index in [2.05, 4.69) is 20.3 Å². The number of nitrogens with zero attached hydrogens (tertiary/aromatic N) is 3. The molecule has 1 heterocycles. The standard InChI is InChI=1S/C7H9Cl3N4S/c1-3-15-6-13-4(7(8,9)10)12-5(11-2)14-6/h3H2,1-2H3,(H,11,12,13,14). The molecule has 0 aromatic carbocycles. The second-order valence-electron chi connectivity index (χ2n) is 2.45. The monoisotopic (exact) mass is 286 g/mol. The molecule has 0 unspecified atom stereocenters. The molecule has 0 fully saturated rings. The molecule has 8 heteroatoms. The molecule has 1 rings (SSSR count). The number of thioether (sulfide) groups is 1. The first kappa shape index (κ1) is 13.1. The maximum absolute atomic E-state index is 5.70. The van der Waals surface area contributed by atoms with Crippen molar-refractivity contribution in [1.29, 1.82) is 0 Å². The molecule has 0 atom stereocenters. The first-order chi connectivity index (χ1) is 6.97. The summed E-state index contributed by atoms with van der Waals surface area (Å²) in [5, 5.41) is 3.33. The Morgan fingerprint density at radius 3 is 2.40 bits per heavy atom. The average Bonchev–Trinajstić information content (AvgIpc) is 2.16. The van der Waals surface area contributed by atoms with Gasteiger partial charge in [0.15, 0.2) is 11.0 Å². The third kappa shape index (κ3) is 3.83. The van der Waals surface area contributed by atoms with Crippen molar-refractivity contribution in [3.8, 4) is 0 Å². The van der Waals surface area contributed by atoms with Crippen LogP contribution in [-0.4, -0.2) is 27.8 Å². The summed E-state index contributed by atoms with van der Waals surface area (Å²) in [6, 6.07) is 0. The Morgan fingerprint density at radius 2 is 1.93 bits per heavy atom. The molecule has 0 saturated heterocycles. The van der Waals surface area contributed by atoms with Crippen LogP contribution in [0.4, 0.5) is 5.95 Å². The fourth-order valence-corrected chi connectivity index (χ4v) is 1.60. The largest absolute Gasteiger partial charge is 0.357 e. The molecule has 0 spiro atoms. The van der Waals surface area contributed by atoms with E-state index in [0.717, 1.165) is 5.75 Å². The number of anilines is 1. The van der Waals surface area contributed by atoms with Crippen molar-refractivity contribution >= 4 is 52.5 Å². The Kier molecular flexibility index (Phi) is 4.70. The molecule has 15 heavy (non-hydrogen) atoms. The van der Waals surface area contributed by atoms with Gasteiger partial charge < -0.3 is 5.32 Å². The third-order valence-electron chi connectivity index (χ3n) is 1.37. The molecule has 84 valence electrons. The van der Waals surface area contributed by atoms with Crippen molar-refractivity contribution in [2.75, 3.05) is 18.1 Å². The fourth-order valence-electron chi connectivity index (χ4n) is 0.789. The molecule has 0 aliphatic carbocycles. The molecule has 0 radical (unpaired) electrons. The number of rotatable bonds is 3. The molecule has 0 amide bonds. The SMILES string of the molecule is CCSc1nc(NC)nc(C(Cl)(Cl)Cl)n1. The van der Waals surface area contributed by atoms with Gasteiger partial charge in [0.05, 0.1) is 0 Å². The third-order valence-corrected chi connectivity index (χ3v) is 2.60. The van der Waals surface area contributed by atoms with E-state index in [1.807, 2.05) is 6.92 Å². The van der Waals surface area contributed by atoms with Gasteiger partial charge in [-0.1, -0.05) is 53.5 Å². The van der Waals surface area contributed by atoms with E-state index in [1.54, 1.807) is 7.05 Å². The summed E-state index contributed by atoms with van der Waals surface area (Å²) in [7, 11) is 1.69. The van der Waals surface area contributed by atoms with Gasteiger partial charge in [-0.2, -0.15) is 9.97 Å². The van der Waals surface area contributed by atoms with Crippen LogP contribution in [-0.2, 0) is 3.79 Å². The molecule has 1 aromatic rings. The molecule has 0 aliphatic rings. The first-order valence-electron chi connectivity index (χ1n) is 4.11. The van der Waals surface area contributed by atoms with Crippen LogP contribution < -0.4 is 5.32 Å². The minimum atomic E-state index is -1.63. The van der Waals surface area contributed by atoms with Crippen molar-refractivity contribution in [3.63, 3.8) is 0 Å². The lowest BCUT2D eigenvalue weighted by molar-refractivity contribution is 0.830. The maximum atomic E-state index is 5.70. The zero-order valence-electron chi connectivity index (χ0n) is 8.09. The second kappa shape index (κ2) is 5.39. The van der Waals surface area contributed by atoms with E-state index in [0.29, 0.717) is 11.1 Å². The summed E-state index contributed by atoms with van der Waals surface area (Å²) in [6.07, 6.45) is 0. The van der Waals surface area contributed by atoms with E-state index in [4.69, 9.17) is 34.8 Å². The van der Waals surface area contributed by atoms with Crippen molar-refractivity contribution in [2.24, 2.45) is 0 Å². The maximum Gasteiger partial charge on any atom is 0.250 e. The predicted molar refractivity (Wildman–Crippen MR) is 65.0 cm³/mol. The highest BCUT2D eigenvalue weighted by Gasteiger charge is 2.28. The van der Waals surface area contributed by atoms with Crippen LogP contribution in [0.5, 0.6) is 0 Å². The summed E-state index contributed by atoms with van der Waals surface area (Å²) >= 11 is 18.6. The lowest BCUT2D eigenvalue weighted by Crippen LogP contribution is -2.11. The van der Waals surface area contributed by atoms with Gasteiger partial charge in [-0.25, -0.2) is 4.98 Å². The number of nitrogens with one attached hydrogen (secondary N) is 1. The summed E-state index contributed by atoms with van der Waals surface area (Å²) < 4.78 is -1.63. The smallest absolute Gasteiger partial charge is 0.250 e. The van der Waals surface area contributed by atoms with Gasteiger partial charge in [0.25, 0.3) is 0 Å². The van der Waals surface area contributed by atoms with Crippen molar-refractivity contribution in [3.05, 3.63) is 5.82 Å². The quantitative estimate of drug-likeness (QED) is 0.684. The van der Waals surface area contributed by atoms with Gasteiger partial charge in [-0.15, -0.1) is 0 Å². The van der Waals surface area contributed by atoms with Crippen LogP contribution in [0.2, 0.25) is 0 Å². The van der Waals surface area contributed by atoms with Crippen molar-refractivity contribution in [2.45, 2.75) is 15.9 Å². The van der Waals surface area contributed by atoms with E-state index in [1.165, 1.54) is 11.8 Å². The first-order valence-corrected chi connectivity index (χ1v) is 6.23. The average molecular weight is 288 g/mol. The van der Waals surface area contributed by atoms with Gasteiger partial charge in [-0.3, -0.25) is 0 Å². The molecule has 1 N–H and O–H groups in total. The summed E-state index contributed by atoms with van der Waals surface area (Å²) in [6.45, 7) is 1.99. The summed E-state index contributed by atoms with van der Waals surface area (Å²) in [5.41, 5.74) is 0. The molecule has 0 aliphatic heterocycles. The van der Waals surface area contributed by atoms with Gasteiger partial charge >= 0.3 is 0 Å². The lowest BCUT2D eigenvalue weighted by atomic mass is 10.7. The highest BCUT2D eigenvalue weighted by molar-refractivity contribution is 7.99. The minimum absolute atomic E-state index is 0.128. The number of halogens is 3. The van der Waals surface area contributed by atoms with Gasteiger partial charge in [-0.05, 0) is 5.75 Å². The molecule has 0 saturated carbocycles. The number of aromatic nitrogens is 3. The molecule has 4 nitrogen and oxygen atoms in total. The van der Waals surface area contributed by atoms with E-state index in [9.17, 15) is 0 Å². The molecular weight excluding hydrogens is 279 g/mol. The molecule has 1 aromatic heterocycles. The molecule has 0 bridgehead atoms. The predicted octanol–water partition coefficient (Wildman–Crippen LogP) is 2.85. The zero-order valence-corrected chi connectivity index (χ0v) is 11.2. The summed E-state index contributed by atoms with van der Waals surface area (Å²) in [4.78, 5) is 12.1. The van der Waals surface area contributed by atoms with Gasteiger partial charge in [0.2, 0.25) is 9.74 Å². The molecular formula is C7H9Cl3N4S. The van der Waals surface area contributed by atoms with Crippen LogP contribution in [0.15, 0.2) is 5.16 Å². The zero-order chi connectivity index (χ0) is 11.5. The Bertz CT molecular complexity index is 341. The highest BCUT2D eigenvalue weighted by atomic mass is 35.6.